The zero-order valence-corrected chi connectivity index (χ0v) is 14.1. The summed E-state index contributed by atoms with van der Waals surface area (Å²) in [5.74, 6) is 1.02. The fraction of sp³-hybridized carbons (Fsp3) is 0.765. The predicted octanol–water partition coefficient (Wildman–Crippen LogP) is 2.09. The van der Waals surface area contributed by atoms with E-state index in [1.165, 1.54) is 17.7 Å². The van der Waals surface area contributed by atoms with Gasteiger partial charge < -0.3 is 10.2 Å². The molecule has 3 heterocycles. The smallest absolute Gasteiger partial charge is 0.223 e. The summed E-state index contributed by atoms with van der Waals surface area (Å²) in [4.78, 5) is 14.8. The van der Waals surface area contributed by atoms with E-state index in [0.717, 1.165) is 44.6 Å². The van der Waals surface area contributed by atoms with Gasteiger partial charge in [0.2, 0.25) is 5.91 Å². The van der Waals surface area contributed by atoms with Crippen LogP contribution in [0.1, 0.15) is 55.1 Å². The molecule has 122 valence electrons. The second-order valence-corrected chi connectivity index (χ2v) is 6.85. The monoisotopic (exact) mass is 304 g/mol. The van der Waals surface area contributed by atoms with E-state index in [1.54, 1.807) is 0 Å². The zero-order chi connectivity index (χ0) is 15.7. The van der Waals surface area contributed by atoms with Crippen LogP contribution in [0.2, 0.25) is 0 Å². The van der Waals surface area contributed by atoms with Crippen LogP contribution < -0.4 is 5.32 Å². The highest BCUT2D eigenvalue weighted by molar-refractivity contribution is 5.77. The molecule has 0 aliphatic carbocycles. The Morgan fingerprint density at radius 1 is 1.36 bits per heavy atom. The molecule has 2 unspecified atom stereocenters. The number of aromatic nitrogens is 2. The largest absolute Gasteiger partial charge is 0.336 e. The first-order valence-electron chi connectivity index (χ1n) is 8.58. The van der Waals surface area contributed by atoms with E-state index >= 15 is 0 Å². The minimum atomic E-state index is 0.239. The first kappa shape index (κ1) is 15.5. The van der Waals surface area contributed by atoms with Crippen molar-refractivity contribution in [2.24, 2.45) is 13.0 Å². The van der Waals surface area contributed by atoms with Gasteiger partial charge in [0.25, 0.3) is 0 Å². The minimum Gasteiger partial charge on any atom is -0.336 e. The first-order valence-corrected chi connectivity index (χ1v) is 8.58. The molecular formula is C17H28N4O. The number of nitrogens with zero attached hydrogens (tertiary/aromatic N) is 3. The molecule has 5 heteroatoms. The van der Waals surface area contributed by atoms with Gasteiger partial charge in [-0.25, -0.2) is 0 Å². The average Bonchev–Trinajstić information content (AvgIpc) is 3.19. The van der Waals surface area contributed by atoms with Gasteiger partial charge in [0, 0.05) is 31.3 Å². The molecular weight excluding hydrogens is 276 g/mol. The van der Waals surface area contributed by atoms with Crippen molar-refractivity contribution in [3.05, 3.63) is 17.0 Å². The third kappa shape index (κ3) is 2.91. The summed E-state index contributed by atoms with van der Waals surface area (Å²) in [6, 6.07) is 0.239. The van der Waals surface area contributed by atoms with Gasteiger partial charge in [-0.1, -0.05) is 0 Å². The van der Waals surface area contributed by atoms with Crippen LogP contribution >= 0.6 is 0 Å². The second-order valence-electron chi connectivity index (χ2n) is 6.85. The Bertz CT molecular complexity index is 545. The molecule has 0 aromatic carbocycles. The summed E-state index contributed by atoms with van der Waals surface area (Å²) in [6.07, 6.45) is 5.12. The normalized spacial score (nSPS) is 25.1. The van der Waals surface area contributed by atoms with Crippen LogP contribution in [0.5, 0.6) is 0 Å². The molecule has 1 aromatic heterocycles. The molecule has 22 heavy (non-hydrogen) atoms. The highest BCUT2D eigenvalue weighted by Crippen LogP contribution is 2.36. The topological polar surface area (TPSA) is 50.2 Å². The molecule has 2 atom stereocenters. The Hall–Kier alpha value is -1.36. The highest BCUT2D eigenvalue weighted by atomic mass is 16.2. The lowest BCUT2D eigenvalue weighted by molar-refractivity contribution is -0.132. The zero-order valence-electron chi connectivity index (χ0n) is 14.1. The van der Waals surface area contributed by atoms with Gasteiger partial charge >= 0.3 is 0 Å². The molecule has 2 fully saturated rings. The van der Waals surface area contributed by atoms with Gasteiger partial charge in [-0.05, 0) is 58.5 Å². The van der Waals surface area contributed by atoms with Crippen LogP contribution in [0.25, 0.3) is 0 Å². The Morgan fingerprint density at radius 2 is 2.18 bits per heavy atom. The highest BCUT2D eigenvalue weighted by Gasteiger charge is 2.33. The average molecular weight is 304 g/mol. The van der Waals surface area contributed by atoms with Crippen LogP contribution in [-0.4, -0.2) is 40.2 Å². The number of hydrogen-bond acceptors (Lipinski definition) is 3. The van der Waals surface area contributed by atoms with Crippen molar-refractivity contribution in [1.82, 2.24) is 20.0 Å². The summed E-state index contributed by atoms with van der Waals surface area (Å²) in [6.45, 7) is 7.27. The maximum Gasteiger partial charge on any atom is 0.223 e. The van der Waals surface area contributed by atoms with Gasteiger partial charge in [0.05, 0.1) is 11.7 Å². The van der Waals surface area contributed by atoms with Gasteiger partial charge in [-0.15, -0.1) is 0 Å². The molecule has 1 amide bonds. The van der Waals surface area contributed by atoms with Gasteiger partial charge in [-0.3, -0.25) is 9.48 Å². The number of likely N-dealkylation sites (tertiary alicyclic amines) is 1. The van der Waals surface area contributed by atoms with Crippen molar-refractivity contribution in [3.63, 3.8) is 0 Å². The van der Waals surface area contributed by atoms with Crippen molar-refractivity contribution in [2.45, 2.75) is 52.0 Å². The number of rotatable bonds is 4. The van der Waals surface area contributed by atoms with Crippen molar-refractivity contribution < 1.29 is 4.79 Å². The molecule has 2 aliphatic heterocycles. The molecule has 0 saturated carbocycles. The lowest BCUT2D eigenvalue weighted by atomic mass is 10.00. The van der Waals surface area contributed by atoms with Gasteiger partial charge in [-0.2, -0.15) is 5.10 Å². The summed E-state index contributed by atoms with van der Waals surface area (Å²) in [7, 11) is 1.99. The Labute approximate surface area is 133 Å². The van der Waals surface area contributed by atoms with E-state index in [0.29, 0.717) is 18.2 Å². The van der Waals surface area contributed by atoms with Crippen molar-refractivity contribution in [1.29, 1.82) is 0 Å². The summed E-state index contributed by atoms with van der Waals surface area (Å²) < 4.78 is 1.94. The molecule has 5 nitrogen and oxygen atoms in total. The molecule has 2 saturated heterocycles. The van der Waals surface area contributed by atoms with E-state index in [1.807, 2.05) is 11.7 Å². The maximum atomic E-state index is 12.7. The van der Waals surface area contributed by atoms with Crippen LogP contribution in [0.4, 0.5) is 0 Å². The SMILES string of the molecule is Cc1nn(C)c(C)c1C1CCCN1C(=O)CCC1CCNC1. The third-order valence-corrected chi connectivity index (χ3v) is 5.40. The van der Waals surface area contributed by atoms with Gasteiger partial charge in [0.1, 0.15) is 0 Å². The quantitative estimate of drug-likeness (QED) is 0.926. The number of carbonyl (C=O) groups is 1. The van der Waals surface area contributed by atoms with Crippen molar-refractivity contribution >= 4 is 5.91 Å². The summed E-state index contributed by atoms with van der Waals surface area (Å²) >= 11 is 0. The van der Waals surface area contributed by atoms with Gasteiger partial charge in [0.15, 0.2) is 0 Å². The van der Waals surface area contributed by atoms with Crippen molar-refractivity contribution in [3.8, 4) is 0 Å². The van der Waals surface area contributed by atoms with Crippen LogP contribution in [0, 0.1) is 19.8 Å². The number of aryl methyl sites for hydroxylation is 2. The second kappa shape index (κ2) is 6.41. The van der Waals surface area contributed by atoms with Crippen molar-refractivity contribution in [2.75, 3.05) is 19.6 Å². The predicted molar refractivity (Wildman–Crippen MR) is 86.6 cm³/mol. The Morgan fingerprint density at radius 3 is 2.82 bits per heavy atom. The Kier molecular flexibility index (Phi) is 4.52. The molecule has 0 bridgehead atoms. The maximum absolute atomic E-state index is 12.7. The summed E-state index contributed by atoms with van der Waals surface area (Å²) in [5.41, 5.74) is 3.54. The molecule has 0 radical (unpaired) electrons. The molecule has 1 aromatic rings. The third-order valence-electron chi connectivity index (χ3n) is 5.40. The number of hydrogen-bond donors (Lipinski definition) is 1. The molecule has 3 rings (SSSR count). The van der Waals surface area contributed by atoms with Crippen LogP contribution in [0.3, 0.4) is 0 Å². The summed E-state index contributed by atoms with van der Waals surface area (Å²) in [5, 5.41) is 7.91. The lowest BCUT2D eigenvalue weighted by Gasteiger charge is -2.26. The van der Waals surface area contributed by atoms with E-state index in [-0.39, 0.29) is 6.04 Å². The number of nitrogens with one attached hydrogen (secondary N) is 1. The Balaban J connectivity index is 1.68. The molecule has 1 N–H and O–H groups in total. The van der Waals surface area contributed by atoms with Crippen LogP contribution in [0.15, 0.2) is 0 Å². The van der Waals surface area contributed by atoms with E-state index < -0.39 is 0 Å². The molecule has 2 aliphatic rings. The van der Waals surface area contributed by atoms with E-state index in [4.69, 9.17) is 0 Å². The van der Waals surface area contributed by atoms with Crippen LogP contribution in [-0.2, 0) is 11.8 Å². The standard InChI is InChI=1S/C17H28N4O/c1-12-17(13(2)20(3)19-12)15-5-4-10-21(15)16(22)7-6-14-8-9-18-11-14/h14-15,18H,4-11H2,1-3H3. The molecule has 0 spiro atoms. The fourth-order valence-electron chi connectivity index (χ4n) is 4.07. The van der Waals surface area contributed by atoms with E-state index in [2.05, 4.69) is 29.2 Å². The minimum absolute atomic E-state index is 0.239. The number of amides is 1. The lowest BCUT2D eigenvalue weighted by Crippen LogP contribution is -2.31. The number of carbonyl (C=O) groups excluding carboxylic acids is 1. The first-order chi connectivity index (χ1) is 10.6. The van der Waals surface area contributed by atoms with E-state index in [9.17, 15) is 4.79 Å². The fourth-order valence-corrected chi connectivity index (χ4v) is 4.07.